The smallest absolute Gasteiger partial charge is 0.237 e. The molecule has 0 atom stereocenters. The molecule has 0 aromatic heterocycles. The molecule has 3 nitrogen and oxygen atoms in total. The van der Waals surface area contributed by atoms with Crippen LogP contribution in [0.5, 0.6) is 5.75 Å². The molecule has 0 aliphatic heterocycles. The predicted octanol–water partition coefficient (Wildman–Crippen LogP) is 2.44. The molecule has 0 radical (unpaired) electrons. The van der Waals surface area contributed by atoms with Gasteiger partial charge < -0.3 is 5.11 Å². The summed E-state index contributed by atoms with van der Waals surface area (Å²) < 4.78 is 0. The summed E-state index contributed by atoms with van der Waals surface area (Å²) in [6.45, 7) is 0. The second-order valence-electron chi connectivity index (χ2n) is 3.90. The van der Waals surface area contributed by atoms with Crippen molar-refractivity contribution in [1.29, 1.82) is 0 Å². The van der Waals surface area contributed by atoms with E-state index in [2.05, 4.69) is 0 Å². The zero-order valence-corrected chi connectivity index (χ0v) is 8.81. The second kappa shape index (κ2) is 3.28. The number of fused-ring (bicyclic) bond motifs is 3. The van der Waals surface area contributed by atoms with Gasteiger partial charge in [-0.3, -0.25) is 9.59 Å². The van der Waals surface area contributed by atoms with E-state index in [1.165, 1.54) is 6.07 Å². The number of phenols is 1. The van der Waals surface area contributed by atoms with Gasteiger partial charge in [0.15, 0.2) is 0 Å². The van der Waals surface area contributed by atoms with Crippen LogP contribution in [0.1, 0.15) is 20.7 Å². The van der Waals surface area contributed by atoms with Crippen LogP contribution >= 0.6 is 0 Å². The first kappa shape index (κ1) is 9.78. The predicted molar refractivity (Wildman–Crippen MR) is 62.2 cm³/mol. The first-order valence-corrected chi connectivity index (χ1v) is 5.20. The van der Waals surface area contributed by atoms with Crippen LogP contribution in [0.3, 0.4) is 0 Å². The van der Waals surface area contributed by atoms with E-state index in [9.17, 15) is 14.7 Å². The maximum Gasteiger partial charge on any atom is 0.237 e. The molecule has 2 aromatic carbocycles. The van der Waals surface area contributed by atoms with E-state index in [-0.39, 0.29) is 11.3 Å². The quantitative estimate of drug-likeness (QED) is 0.699. The molecule has 3 rings (SSSR count). The van der Waals surface area contributed by atoms with Gasteiger partial charge in [0.05, 0.1) is 5.56 Å². The van der Waals surface area contributed by atoms with E-state index in [4.69, 9.17) is 0 Å². The standard InChI is InChI=1S/C14H8O3/c15-11-7-3-6-9-8-4-1-2-5-10(8)13(16)14(17)12(9)11/h1-7,15H. The molecular weight excluding hydrogens is 216 g/mol. The molecule has 2 aromatic rings. The molecule has 1 N–H and O–H groups in total. The molecule has 0 fully saturated rings. The van der Waals surface area contributed by atoms with Crippen LogP contribution < -0.4 is 0 Å². The molecule has 82 valence electrons. The van der Waals surface area contributed by atoms with Gasteiger partial charge in [-0.1, -0.05) is 36.4 Å². The van der Waals surface area contributed by atoms with Crippen molar-refractivity contribution in [2.45, 2.75) is 0 Å². The molecule has 0 spiro atoms. The van der Waals surface area contributed by atoms with Gasteiger partial charge in [0.1, 0.15) is 5.75 Å². The van der Waals surface area contributed by atoms with Crippen molar-refractivity contribution in [3.8, 4) is 16.9 Å². The van der Waals surface area contributed by atoms with Crippen LogP contribution in [0.4, 0.5) is 0 Å². The Morgan fingerprint density at radius 2 is 1.35 bits per heavy atom. The lowest BCUT2D eigenvalue weighted by molar-refractivity contribution is 0.0813. The molecule has 0 saturated heterocycles. The van der Waals surface area contributed by atoms with Crippen molar-refractivity contribution in [2.75, 3.05) is 0 Å². The van der Waals surface area contributed by atoms with Gasteiger partial charge in [-0.2, -0.15) is 0 Å². The highest BCUT2D eigenvalue weighted by Crippen LogP contribution is 2.37. The summed E-state index contributed by atoms with van der Waals surface area (Å²) in [5, 5.41) is 9.70. The fourth-order valence-corrected chi connectivity index (χ4v) is 2.16. The van der Waals surface area contributed by atoms with Crippen molar-refractivity contribution in [2.24, 2.45) is 0 Å². The third-order valence-electron chi connectivity index (χ3n) is 2.94. The van der Waals surface area contributed by atoms with E-state index < -0.39 is 11.6 Å². The summed E-state index contributed by atoms with van der Waals surface area (Å²) in [5.41, 5.74) is 1.82. The van der Waals surface area contributed by atoms with Crippen LogP contribution in [0.15, 0.2) is 42.5 Å². The van der Waals surface area contributed by atoms with Crippen LogP contribution in [0.2, 0.25) is 0 Å². The normalized spacial score (nSPS) is 13.2. The maximum absolute atomic E-state index is 11.9. The van der Waals surface area contributed by atoms with Crippen LogP contribution in [0, 0.1) is 0 Å². The fraction of sp³-hybridized carbons (Fsp3) is 0. The van der Waals surface area contributed by atoms with Crippen LogP contribution in [0.25, 0.3) is 11.1 Å². The highest BCUT2D eigenvalue weighted by Gasteiger charge is 2.31. The average Bonchev–Trinajstić information content (AvgIpc) is 2.36. The number of hydrogen-bond acceptors (Lipinski definition) is 3. The van der Waals surface area contributed by atoms with Crippen LogP contribution in [-0.4, -0.2) is 16.7 Å². The zero-order valence-electron chi connectivity index (χ0n) is 8.81. The zero-order chi connectivity index (χ0) is 12.0. The number of aromatic hydroxyl groups is 1. The second-order valence-corrected chi connectivity index (χ2v) is 3.90. The molecule has 17 heavy (non-hydrogen) atoms. The summed E-state index contributed by atoms with van der Waals surface area (Å²) >= 11 is 0. The van der Waals surface area contributed by atoms with Crippen molar-refractivity contribution in [3.63, 3.8) is 0 Å². The maximum atomic E-state index is 11.9. The van der Waals surface area contributed by atoms with Crippen LogP contribution in [-0.2, 0) is 0 Å². The minimum atomic E-state index is -0.642. The third-order valence-corrected chi connectivity index (χ3v) is 2.94. The Morgan fingerprint density at radius 3 is 2.12 bits per heavy atom. The molecule has 1 aliphatic rings. The molecule has 1 aliphatic carbocycles. The topological polar surface area (TPSA) is 54.4 Å². The molecule has 0 unspecified atom stereocenters. The lowest BCUT2D eigenvalue weighted by atomic mass is 9.83. The summed E-state index contributed by atoms with van der Waals surface area (Å²) in [6.07, 6.45) is 0. The Balaban J connectivity index is 2.44. The van der Waals surface area contributed by atoms with E-state index in [1.54, 1.807) is 36.4 Å². The largest absolute Gasteiger partial charge is 0.507 e. The number of phenolic OH excluding ortho intramolecular Hbond substituents is 1. The Labute approximate surface area is 97.3 Å². The summed E-state index contributed by atoms with van der Waals surface area (Å²) in [4.78, 5) is 23.8. The van der Waals surface area contributed by atoms with Gasteiger partial charge >= 0.3 is 0 Å². The van der Waals surface area contributed by atoms with Crippen molar-refractivity contribution < 1.29 is 14.7 Å². The fourth-order valence-electron chi connectivity index (χ4n) is 2.16. The van der Waals surface area contributed by atoms with Gasteiger partial charge in [0.25, 0.3) is 0 Å². The Bertz CT molecular complexity index is 656. The molecule has 0 heterocycles. The van der Waals surface area contributed by atoms with E-state index in [0.29, 0.717) is 16.7 Å². The third kappa shape index (κ3) is 1.22. The lowest BCUT2D eigenvalue weighted by Gasteiger charge is -2.18. The Kier molecular flexibility index (Phi) is 1.89. The number of carbonyl (C=O) groups is 2. The molecule has 0 amide bonds. The summed E-state index contributed by atoms with van der Waals surface area (Å²) in [5.74, 6) is -1.35. The SMILES string of the molecule is O=C1C(=O)c2c(O)cccc2-c2ccccc21. The molecule has 3 heteroatoms. The van der Waals surface area contributed by atoms with E-state index in [1.807, 2.05) is 0 Å². The van der Waals surface area contributed by atoms with Gasteiger partial charge in [-0.25, -0.2) is 0 Å². The number of Topliss-reactive ketones (excluding diaryl/α,β-unsaturated/α-hetero) is 2. The number of hydrogen-bond donors (Lipinski definition) is 1. The van der Waals surface area contributed by atoms with Gasteiger partial charge in [0.2, 0.25) is 11.6 Å². The number of benzene rings is 2. The minimum Gasteiger partial charge on any atom is -0.507 e. The van der Waals surface area contributed by atoms with Gasteiger partial charge in [0, 0.05) is 5.56 Å². The molecular formula is C14H8O3. The van der Waals surface area contributed by atoms with Crippen molar-refractivity contribution in [3.05, 3.63) is 53.6 Å². The van der Waals surface area contributed by atoms with Crippen molar-refractivity contribution in [1.82, 2.24) is 0 Å². The van der Waals surface area contributed by atoms with Crippen molar-refractivity contribution >= 4 is 11.6 Å². The first-order chi connectivity index (χ1) is 8.20. The lowest BCUT2D eigenvalue weighted by Crippen LogP contribution is -2.21. The molecule has 0 bridgehead atoms. The Morgan fingerprint density at radius 1 is 0.706 bits per heavy atom. The summed E-state index contributed by atoms with van der Waals surface area (Å²) in [7, 11) is 0. The highest BCUT2D eigenvalue weighted by molar-refractivity contribution is 6.53. The van der Waals surface area contributed by atoms with E-state index in [0.717, 1.165) is 0 Å². The van der Waals surface area contributed by atoms with E-state index >= 15 is 0 Å². The average molecular weight is 224 g/mol. The monoisotopic (exact) mass is 224 g/mol. The van der Waals surface area contributed by atoms with Gasteiger partial charge in [-0.15, -0.1) is 0 Å². The summed E-state index contributed by atoms with van der Waals surface area (Å²) in [6, 6.07) is 11.7. The highest BCUT2D eigenvalue weighted by atomic mass is 16.3. The first-order valence-electron chi connectivity index (χ1n) is 5.20. The number of carbonyl (C=O) groups excluding carboxylic acids is 2. The number of ketones is 2. The minimum absolute atomic E-state index is 0.108. The Hall–Kier alpha value is -2.42. The number of rotatable bonds is 0. The van der Waals surface area contributed by atoms with Gasteiger partial charge in [-0.05, 0) is 17.2 Å². The molecule has 0 saturated carbocycles.